The first kappa shape index (κ1) is 21.1. The summed E-state index contributed by atoms with van der Waals surface area (Å²) in [6, 6.07) is 0. The minimum absolute atomic E-state index is 0.0105. The highest BCUT2D eigenvalue weighted by Crippen LogP contribution is 2.61. The number of carbonyl (C=O) groups is 4. The molecule has 0 N–H and O–H groups in total. The third-order valence-corrected chi connectivity index (χ3v) is 4.73. The van der Waals surface area contributed by atoms with Gasteiger partial charge in [0.1, 0.15) is 24.1 Å². The fourth-order valence-corrected chi connectivity index (χ4v) is 3.40. The van der Waals surface area contributed by atoms with Gasteiger partial charge in [-0.2, -0.15) is 0 Å². The maximum Gasteiger partial charge on any atom is 0.313 e. The van der Waals surface area contributed by atoms with E-state index in [9.17, 15) is 19.2 Å². The second-order valence-electron chi connectivity index (χ2n) is 7.02. The van der Waals surface area contributed by atoms with Gasteiger partial charge in [0.2, 0.25) is 0 Å². The fraction of sp³-hybridized carbons (Fsp3) is 0.684. The van der Waals surface area contributed by atoms with Crippen molar-refractivity contribution in [3.05, 3.63) is 12.7 Å². The van der Waals surface area contributed by atoms with Gasteiger partial charge in [-0.1, -0.05) is 19.9 Å². The van der Waals surface area contributed by atoms with Crippen LogP contribution in [-0.2, 0) is 28.7 Å². The number of Topliss-reactive ketones (excluding diaryl/α,β-unsaturated/α-hetero) is 2. The average Bonchev–Trinajstić information content (AvgIpc) is 3.05. The van der Waals surface area contributed by atoms with Crippen LogP contribution in [0, 0.1) is 17.3 Å². The molecule has 0 heterocycles. The van der Waals surface area contributed by atoms with Gasteiger partial charge in [-0.15, -0.1) is 6.58 Å². The van der Waals surface area contributed by atoms with Crippen molar-refractivity contribution in [3.63, 3.8) is 0 Å². The molecule has 0 spiro atoms. The highest BCUT2D eigenvalue weighted by molar-refractivity contribution is 5.97. The standard InChI is InChI=1S/C19H28O6/c1-6-15-18(19(15,4)5)16(25-12(3)20)10-13(21)8-9-14(22)11-17(23)24-7-2/h6,15-16,18H,1,7-11H2,2-5H3/t15-,16+,18-/m0/s1. The van der Waals surface area contributed by atoms with Crippen molar-refractivity contribution in [1.29, 1.82) is 0 Å². The van der Waals surface area contributed by atoms with E-state index in [1.807, 2.05) is 19.9 Å². The minimum atomic E-state index is -0.578. The topological polar surface area (TPSA) is 86.7 Å². The number of hydrogen-bond donors (Lipinski definition) is 0. The molecule has 0 unspecified atom stereocenters. The molecule has 0 aliphatic heterocycles. The Morgan fingerprint density at radius 2 is 1.76 bits per heavy atom. The summed E-state index contributed by atoms with van der Waals surface area (Å²) in [6.07, 6.45) is 1.09. The Bertz CT molecular complexity index is 548. The molecule has 0 aromatic rings. The molecule has 0 aromatic carbocycles. The molecule has 1 fully saturated rings. The van der Waals surface area contributed by atoms with Crippen LogP contribution in [0.15, 0.2) is 12.7 Å². The second-order valence-corrected chi connectivity index (χ2v) is 7.02. The summed E-state index contributed by atoms with van der Waals surface area (Å²) >= 11 is 0. The summed E-state index contributed by atoms with van der Waals surface area (Å²) in [5.41, 5.74) is -0.0676. The van der Waals surface area contributed by atoms with Crippen molar-refractivity contribution >= 4 is 23.5 Å². The van der Waals surface area contributed by atoms with Gasteiger partial charge in [0.05, 0.1) is 6.61 Å². The number of ketones is 2. The van der Waals surface area contributed by atoms with E-state index in [2.05, 4.69) is 6.58 Å². The Morgan fingerprint density at radius 3 is 2.24 bits per heavy atom. The van der Waals surface area contributed by atoms with Gasteiger partial charge >= 0.3 is 11.9 Å². The summed E-state index contributed by atoms with van der Waals surface area (Å²) in [7, 11) is 0. The molecular weight excluding hydrogens is 324 g/mol. The van der Waals surface area contributed by atoms with Gasteiger partial charge in [-0.3, -0.25) is 19.2 Å². The van der Waals surface area contributed by atoms with E-state index in [1.54, 1.807) is 6.92 Å². The normalized spacial score (nSPS) is 21.8. The lowest BCUT2D eigenvalue weighted by Crippen LogP contribution is -2.25. The first-order chi connectivity index (χ1) is 11.6. The van der Waals surface area contributed by atoms with Gasteiger partial charge in [-0.25, -0.2) is 0 Å². The van der Waals surface area contributed by atoms with Crippen molar-refractivity contribution < 1.29 is 28.7 Å². The number of carbonyl (C=O) groups excluding carboxylic acids is 4. The van der Waals surface area contributed by atoms with Gasteiger partial charge in [0, 0.05) is 32.1 Å². The number of ether oxygens (including phenoxy) is 2. The maximum absolute atomic E-state index is 12.2. The first-order valence-corrected chi connectivity index (χ1v) is 8.62. The Labute approximate surface area is 148 Å². The molecule has 25 heavy (non-hydrogen) atoms. The minimum Gasteiger partial charge on any atom is -0.466 e. The van der Waals surface area contributed by atoms with Crippen molar-refractivity contribution in [3.8, 4) is 0 Å². The molecule has 0 aromatic heterocycles. The molecular formula is C19H28O6. The van der Waals surface area contributed by atoms with Crippen molar-refractivity contribution in [2.75, 3.05) is 6.61 Å². The molecule has 1 rings (SSSR count). The van der Waals surface area contributed by atoms with E-state index < -0.39 is 18.0 Å². The molecule has 6 heteroatoms. The van der Waals surface area contributed by atoms with Gasteiger partial charge in [0.25, 0.3) is 0 Å². The highest BCUT2D eigenvalue weighted by Gasteiger charge is 2.60. The van der Waals surface area contributed by atoms with E-state index in [4.69, 9.17) is 9.47 Å². The van der Waals surface area contributed by atoms with E-state index in [0.29, 0.717) is 0 Å². The second kappa shape index (κ2) is 8.92. The molecule has 0 radical (unpaired) electrons. The Morgan fingerprint density at radius 1 is 1.16 bits per heavy atom. The number of esters is 2. The van der Waals surface area contributed by atoms with E-state index >= 15 is 0 Å². The maximum atomic E-state index is 12.2. The lowest BCUT2D eigenvalue weighted by Gasteiger charge is -2.18. The summed E-state index contributed by atoms with van der Waals surface area (Å²) < 4.78 is 10.1. The Kier molecular flexibility index (Phi) is 7.52. The van der Waals surface area contributed by atoms with Gasteiger partial charge in [-0.05, 0) is 18.3 Å². The molecule has 6 nitrogen and oxygen atoms in total. The van der Waals surface area contributed by atoms with Crippen LogP contribution in [0.1, 0.15) is 53.4 Å². The van der Waals surface area contributed by atoms with Crippen LogP contribution in [0.5, 0.6) is 0 Å². The Hall–Kier alpha value is -1.98. The van der Waals surface area contributed by atoms with Crippen LogP contribution in [-0.4, -0.2) is 36.2 Å². The SMILES string of the molecule is C=C[C@H]1[C@@H]([C@@H](CC(=O)CCC(=O)CC(=O)OCC)OC(C)=O)C1(C)C. The first-order valence-electron chi connectivity index (χ1n) is 8.62. The lowest BCUT2D eigenvalue weighted by atomic mass is 9.99. The zero-order chi connectivity index (χ0) is 19.2. The Balaban J connectivity index is 2.53. The molecule has 1 aliphatic carbocycles. The van der Waals surface area contributed by atoms with Crippen molar-refractivity contribution in [2.24, 2.45) is 17.3 Å². The summed E-state index contributed by atoms with van der Waals surface area (Å²) in [4.78, 5) is 46.5. The monoisotopic (exact) mass is 352 g/mol. The van der Waals surface area contributed by atoms with E-state index in [-0.39, 0.29) is 61.1 Å². The van der Waals surface area contributed by atoms with Crippen LogP contribution >= 0.6 is 0 Å². The fourth-order valence-electron chi connectivity index (χ4n) is 3.40. The molecule has 140 valence electrons. The van der Waals surface area contributed by atoms with E-state index in [1.165, 1.54) is 6.92 Å². The van der Waals surface area contributed by atoms with Crippen LogP contribution in [0.3, 0.4) is 0 Å². The van der Waals surface area contributed by atoms with Gasteiger partial charge in [0.15, 0.2) is 0 Å². The number of rotatable bonds is 11. The van der Waals surface area contributed by atoms with Crippen LogP contribution in [0.2, 0.25) is 0 Å². The predicted molar refractivity (Wildman–Crippen MR) is 91.6 cm³/mol. The van der Waals surface area contributed by atoms with Crippen molar-refractivity contribution in [1.82, 2.24) is 0 Å². The predicted octanol–water partition coefficient (Wildman–Crippen LogP) is 2.64. The molecule has 0 saturated heterocycles. The molecule has 0 bridgehead atoms. The lowest BCUT2D eigenvalue weighted by molar-refractivity contribution is -0.150. The number of allylic oxidation sites excluding steroid dienone is 1. The third kappa shape index (κ3) is 6.11. The molecule has 3 atom stereocenters. The highest BCUT2D eigenvalue weighted by atomic mass is 16.5. The zero-order valence-corrected chi connectivity index (χ0v) is 15.5. The smallest absolute Gasteiger partial charge is 0.313 e. The molecule has 1 aliphatic rings. The zero-order valence-electron chi connectivity index (χ0n) is 15.5. The average molecular weight is 352 g/mol. The molecule has 1 saturated carbocycles. The molecule has 0 amide bonds. The van der Waals surface area contributed by atoms with Crippen LogP contribution < -0.4 is 0 Å². The third-order valence-electron chi connectivity index (χ3n) is 4.73. The van der Waals surface area contributed by atoms with Gasteiger partial charge < -0.3 is 9.47 Å². The quantitative estimate of drug-likeness (QED) is 0.323. The van der Waals surface area contributed by atoms with Crippen LogP contribution in [0.25, 0.3) is 0 Å². The number of hydrogen-bond acceptors (Lipinski definition) is 6. The van der Waals surface area contributed by atoms with Crippen LogP contribution in [0.4, 0.5) is 0 Å². The van der Waals surface area contributed by atoms with E-state index in [0.717, 1.165) is 0 Å². The summed E-state index contributed by atoms with van der Waals surface area (Å²) in [6.45, 7) is 11.1. The summed E-state index contributed by atoms with van der Waals surface area (Å²) in [5, 5.41) is 0. The largest absolute Gasteiger partial charge is 0.466 e. The summed E-state index contributed by atoms with van der Waals surface area (Å²) in [5.74, 6) is -1.25. The van der Waals surface area contributed by atoms with Crippen molar-refractivity contribution in [2.45, 2.75) is 59.5 Å².